The van der Waals surface area contributed by atoms with E-state index in [0.29, 0.717) is 12.3 Å². The lowest BCUT2D eigenvalue weighted by atomic mass is 10.0. The summed E-state index contributed by atoms with van der Waals surface area (Å²) in [6, 6.07) is 8.31. The number of nitrogens with one attached hydrogen (secondary N) is 2. The van der Waals surface area contributed by atoms with Crippen molar-refractivity contribution in [3.05, 3.63) is 35.4 Å². The molecule has 1 saturated heterocycles. The van der Waals surface area contributed by atoms with E-state index in [-0.39, 0.29) is 11.9 Å². The molecule has 0 aliphatic carbocycles. The summed E-state index contributed by atoms with van der Waals surface area (Å²) in [6.45, 7) is 6.31. The Morgan fingerprint density at radius 3 is 2.95 bits per heavy atom. The maximum Gasteiger partial charge on any atom is 0.220 e. The zero-order chi connectivity index (χ0) is 13.7. The highest BCUT2D eigenvalue weighted by Gasteiger charge is 2.17. The highest BCUT2D eigenvalue weighted by molar-refractivity contribution is 5.76. The molecule has 0 saturated carbocycles. The third-order valence-electron chi connectivity index (χ3n) is 3.97. The first-order chi connectivity index (χ1) is 9.16. The van der Waals surface area contributed by atoms with Crippen molar-refractivity contribution in [1.29, 1.82) is 0 Å². The molecular weight excluding hydrogens is 236 g/mol. The van der Waals surface area contributed by atoms with Crippen LogP contribution in [0.1, 0.15) is 43.4 Å². The molecule has 1 aromatic rings. The highest BCUT2D eigenvalue weighted by atomic mass is 16.1. The Bertz CT molecular complexity index is 425. The Morgan fingerprint density at radius 1 is 1.47 bits per heavy atom. The highest BCUT2D eigenvalue weighted by Crippen LogP contribution is 2.18. The summed E-state index contributed by atoms with van der Waals surface area (Å²) in [7, 11) is 0. The fourth-order valence-corrected chi connectivity index (χ4v) is 2.76. The van der Waals surface area contributed by atoms with Gasteiger partial charge in [0.05, 0.1) is 6.04 Å². The van der Waals surface area contributed by atoms with Crippen molar-refractivity contribution in [3.63, 3.8) is 0 Å². The van der Waals surface area contributed by atoms with Crippen LogP contribution in [0.2, 0.25) is 0 Å². The van der Waals surface area contributed by atoms with Crippen LogP contribution >= 0.6 is 0 Å². The molecule has 3 nitrogen and oxygen atoms in total. The Morgan fingerprint density at radius 2 is 2.26 bits per heavy atom. The Hall–Kier alpha value is -1.35. The third kappa shape index (κ3) is 4.06. The fourth-order valence-electron chi connectivity index (χ4n) is 2.76. The average Bonchev–Trinajstić information content (AvgIpc) is 2.90. The van der Waals surface area contributed by atoms with E-state index in [1.165, 1.54) is 17.5 Å². The van der Waals surface area contributed by atoms with Gasteiger partial charge in [-0.2, -0.15) is 0 Å². The van der Waals surface area contributed by atoms with Gasteiger partial charge in [0, 0.05) is 6.42 Å². The summed E-state index contributed by atoms with van der Waals surface area (Å²) in [5.41, 5.74) is 2.44. The number of carbonyl (C=O) groups is 1. The van der Waals surface area contributed by atoms with Crippen LogP contribution in [-0.4, -0.2) is 19.0 Å². The summed E-state index contributed by atoms with van der Waals surface area (Å²) in [5.74, 6) is 0.849. The van der Waals surface area contributed by atoms with Gasteiger partial charge in [-0.05, 0) is 56.8 Å². The molecule has 104 valence electrons. The first kappa shape index (κ1) is 14.1. The topological polar surface area (TPSA) is 41.1 Å². The van der Waals surface area contributed by atoms with Crippen LogP contribution in [0.3, 0.4) is 0 Å². The summed E-state index contributed by atoms with van der Waals surface area (Å²) >= 11 is 0. The lowest BCUT2D eigenvalue weighted by Gasteiger charge is -2.17. The first-order valence-electron chi connectivity index (χ1n) is 7.22. The lowest BCUT2D eigenvalue weighted by molar-refractivity contribution is -0.122. The zero-order valence-electron chi connectivity index (χ0n) is 11.9. The molecule has 1 aliphatic heterocycles. The van der Waals surface area contributed by atoms with Crippen molar-refractivity contribution in [2.75, 3.05) is 13.1 Å². The zero-order valence-corrected chi connectivity index (χ0v) is 11.9. The largest absolute Gasteiger partial charge is 0.350 e. The third-order valence-corrected chi connectivity index (χ3v) is 3.97. The maximum absolute atomic E-state index is 12.0. The van der Waals surface area contributed by atoms with Crippen LogP contribution in [0.25, 0.3) is 0 Å². The molecule has 1 amide bonds. The molecule has 3 heteroatoms. The molecule has 0 aromatic heterocycles. The van der Waals surface area contributed by atoms with Crippen LogP contribution in [-0.2, 0) is 4.79 Å². The standard InChI is InChI=1S/C16H24N2O/c1-12-5-3-4-6-15(12)13(2)18-16(19)8-7-14-9-10-17-11-14/h3-6,13-14,17H,7-11H2,1-2H3,(H,18,19)/t13-,14?/m1/s1. The van der Waals surface area contributed by atoms with Crippen LogP contribution < -0.4 is 10.6 Å². The Balaban J connectivity index is 1.79. The van der Waals surface area contributed by atoms with E-state index in [9.17, 15) is 4.79 Å². The molecular formula is C16H24N2O. The fraction of sp³-hybridized carbons (Fsp3) is 0.562. The quantitative estimate of drug-likeness (QED) is 0.854. The number of rotatable bonds is 5. The summed E-state index contributed by atoms with van der Waals surface area (Å²) in [5, 5.41) is 6.44. The molecule has 0 spiro atoms. The molecule has 1 fully saturated rings. The molecule has 2 rings (SSSR count). The smallest absolute Gasteiger partial charge is 0.220 e. The average molecular weight is 260 g/mol. The minimum atomic E-state index is 0.0930. The number of hydrogen-bond donors (Lipinski definition) is 2. The van der Waals surface area contributed by atoms with Gasteiger partial charge in [0.15, 0.2) is 0 Å². The van der Waals surface area contributed by atoms with Gasteiger partial charge < -0.3 is 10.6 Å². The number of benzene rings is 1. The van der Waals surface area contributed by atoms with Crippen molar-refractivity contribution in [2.24, 2.45) is 5.92 Å². The van der Waals surface area contributed by atoms with E-state index in [0.717, 1.165) is 19.5 Å². The minimum absolute atomic E-state index is 0.0930. The Kier molecular flexibility index (Phi) is 4.97. The molecule has 1 aromatic carbocycles. The van der Waals surface area contributed by atoms with Crippen LogP contribution in [0, 0.1) is 12.8 Å². The molecule has 19 heavy (non-hydrogen) atoms. The van der Waals surface area contributed by atoms with Crippen LogP contribution in [0.4, 0.5) is 0 Å². The van der Waals surface area contributed by atoms with Crippen LogP contribution in [0.5, 0.6) is 0 Å². The lowest BCUT2D eigenvalue weighted by Crippen LogP contribution is -2.27. The monoisotopic (exact) mass is 260 g/mol. The summed E-state index contributed by atoms with van der Waals surface area (Å²) < 4.78 is 0. The van der Waals surface area contributed by atoms with Crippen LogP contribution in [0.15, 0.2) is 24.3 Å². The second-order valence-corrected chi connectivity index (χ2v) is 5.54. The molecule has 0 bridgehead atoms. The minimum Gasteiger partial charge on any atom is -0.350 e. The second kappa shape index (κ2) is 6.71. The molecule has 1 unspecified atom stereocenters. The van der Waals surface area contributed by atoms with Gasteiger partial charge in [-0.3, -0.25) is 4.79 Å². The van der Waals surface area contributed by atoms with Crippen molar-refractivity contribution < 1.29 is 4.79 Å². The molecule has 1 heterocycles. The SMILES string of the molecule is Cc1ccccc1[C@@H](C)NC(=O)CCC1CCNC1. The van der Waals surface area contributed by atoms with Gasteiger partial charge >= 0.3 is 0 Å². The first-order valence-corrected chi connectivity index (χ1v) is 7.22. The van der Waals surface area contributed by atoms with Crippen molar-refractivity contribution >= 4 is 5.91 Å². The number of hydrogen-bond acceptors (Lipinski definition) is 2. The van der Waals surface area contributed by atoms with E-state index in [2.05, 4.69) is 36.6 Å². The van der Waals surface area contributed by atoms with Gasteiger partial charge in [0.25, 0.3) is 0 Å². The van der Waals surface area contributed by atoms with E-state index in [1.54, 1.807) is 0 Å². The van der Waals surface area contributed by atoms with E-state index in [1.807, 2.05) is 12.1 Å². The maximum atomic E-state index is 12.0. The predicted molar refractivity (Wildman–Crippen MR) is 77.9 cm³/mol. The molecule has 2 atom stereocenters. The molecule has 2 N–H and O–H groups in total. The number of aryl methyl sites for hydroxylation is 1. The number of amides is 1. The summed E-state index contributed by atoms with van der Waals surface area (Å²) in [6.07, 6.45) is 2.85. The number of carbonyl (C=O) groups excluding carboxylic acids is 1. The summed E-state index contributed by atoms with van der Waals surface area (Å²) in [4.78, 5) is 12.0. The van der Waals surface area contributed by atoms with Crippen molar-refractivity contribution in [1.82, 2.24) is 10.6 Å². The van der Waals surface area contributed by atoms with Crippen molar-refractivity contribution in [3.8, 4) is 0 Å². The Labute approximate surface area is 115 Å². The van der Waals surface area contributed by atoms with Gasteiger partial charge in [-0.1, -0.05) is 24.3 Å². The second-order valence-electron chi connectivity index (χ2n) is 5.54. The van der Waals surface area contributed by atoms with Crippen molar-refractivity contribution in [2.45, 2.75) is 39.2 Å². The van der Waals surface area contributed by atoms with E-state index < -0.39 is 0 Å². The molecule has 0 radical (unpaired) electrons. The van der Waals surface area contributed by atoms with Gasteiger partial charge in [-0.25, -0.2) is 0 Å². The predicted octanol–water partition coefficient (Wildman–Crippen LogP) is 2.56. The normalized spacial score (nSPS) is 20.2. The molecule has 1 aliphatic rings. The van der Waals surface area contributed by atoms with E-state index >= 15 is 0 Å². The van der Waals surface area contributed by atoms with Gasteiger partial charge in [0.2, 0.25) is 5.91 Å². The van der Waals surface area contributed by atoms with E-state index in [4.69, 9.17) is 0 Å². The van der Waals surface area contributed by atoms with Gasteiger partial charge in [-0.15, -0.1) is 0 Å². The van der Waals surface area contributed by atoms with Gasteiger partial charge in [0.1, 0.15) is 0 Å².